The Morgan fingerprint density at radius 2 is 0.784 bits per heavy atom. The maximum absolute atomic E-state index is 14.1. The Morgan fingerprint density at radius 1 is 0.333 bits per heavy atom. The molecule has 0 aliphatic carbocycles. The summed E-state index contributed by atoms with van der Waals surface area (Å²) in [7, 11) is 0. The van der Waals surface area contributed by atoms with Crippen molar-refractivity contribution >= 4 is 66.7 Å². The van der Waals surface area contributed by atoms with Crippen molar-refractivity contribution in [3.63, 3.8) is 0 Å². The molecule has 8 aromatic carbocycles. The third-order valence-electron chi connectivity index (χ3n) is 9.42. The van der Waals surface area contributed by atoms with Crippen molar-refractivity contribution in [1.29, 1.82) is 0 Å². The fourth-order valence-electron chi connectivity index (χ4n) is 7.10. The highest BCUT2D eigenvalue weighted by Crippen LogP contribution is 2.42. The zero-order chi connectivity index (χ0) is 34.3. The summed E-state index contributed by atoms with van der Waals surface area (Å²) in [5.41, 5.74) is 8.84. The van der Waals surface area contributed by atoms with Crippen LogP contribution in [-0.2, 0) is 0 Å². The van der Waals surface area contributed by atoms with Crippen LogP contribution in [0.25, 0.3) is 38.3 Å². The fraction of sp³-hybridized carbons (Fsp3) is 0. The van der Waals surface area contributed by atoms with Gasteiger partial charge in [0.25, 0.3) is 0 Å². The smallest absolute Gasteiger partial charge is 0.123 e. The summed E-state index contributed by atoms with van der Waals surface area (Å²) >= 11 is 0. The first kappa shape index (κ1) is 30.3. The van der Waals surface area contributed by atoms with E-state index in [2.05, 4.69) is 111 Å². The molecule has 0 fully saturated rings. The van der Waals surface area contributed by atoms with Crippen molar-refractivity contribution in [2.75, 3.05) is 9.80 Å². The van der Waals surface area contributed by atoms with E-state index >= 15 is 0 Å². The van der Waals surface area contributed by atoms with Crippen molar-refractivity contribution < 1.29 is 8.78 Å². The monoisotopic (exact) mass is 663 g/mol. The van der Waals surface area contributed by atoms with Gasteiger partial charge in [-0.25, -0.2) is 8.78 Å². The summed E-state index contributed by atoms with van der Waals surface area (Å²) in [6.45, 7) is 0. The number of hydrogen-bond donors (Lipinski definition) is 0. The number of anilines is 6. The molecule has 1 heterocycles. The Morgan fingerprint density at radius 3 is 1.35 bits per heavy atom. The first-order chi connectivity index (χ1) is 25.1. The summed E-state index contributed by atoms with van der Waals surface area (Å²) < 4.78 is 30.4. The van der Waals surface area contributed by atoms with E-state index in [0.29, 0.717) is 0 Å². The van der Waals surface area contributed by atoms with Crippen LogP contribution in [0, 0.1) is 11.6 Å². The summed E-state index contributed by atoms with van der Waals surface area (Å²) in [4.78, 5) is 4.30. The van der Waals surface area contributed by atoms with Gasteiger partial charge in [-0.2, -0.15) is 0 Å². The summed E-state index contributed by atoms with van der Waals surface area (Å²) in [6, 6.07) is 61.5. The van der Waals surface area contributed by atoms with Crippen molar-refractivity contribution in [1.82, 2.24) is 4.57 Å². The molecule has 0 spiro atoms. The number of fused-ring (bicyclic) bond motifs is 4. The molecule has 0 bridgehead atoms. The molecule has 3 nitrogen and oxygen atoms in total. The quantitative estimate of drug-likeness (QED) is 0.168. The van der Waals surface area contributed by atoms with E-state index in [9.17, 15) is 8.78 Å². The van der Waals surface area contributed by atoms with Gasteiger partial charge in [-0.15, -0.1) is 0 Å². The lowest BCUT2D eigenvalue weighted by atomic mass is 10.0. The van der Waals surface area contributed by atoms with Crippen LogP contribution < -0.4 is 9.80 Å². The van der Waals surface area contributed by atoms with E-state index in [1.54, 1.807) is 0 Å². The lowest BCUT2D eigenvalue weighted by molar-refractivity contribution is 0.627. The number of rotatable bonds is 7. The number of halogens is 2. The summed E-state index contributed by atoms with van der Waals surface area (Å²) in [5, 5.41) is 4.48. The van der Waals surface area contributed by atoms with Crippen LogP contribution in [0.5, 0.6) is 0 Å². The van der Waals surface area contributed by atoms with Crippen LogP contribution in [-0.4, -0.2) is 4.57 Å². The van der Waals surface area contributed by atoms with Crippen LogP contribution in [0.15, 0.2) is 188 Å². The first-order valence-corrected chi connectivity index (χ1v) is 16.9. The molecule has 0 N–H and O–H groups in total. The number of nitrogens with zero attached hydrogens (tertiary/aromatic N) is 3. The largest absolute Gasteiger partial charge is 0.310 e. The maximum Gasteiger partial charge on any atom is 0.123 e. The van der Waals surface area contributed by atoms with Gasteiger partial charge in [0.1, 0.15) is 11.6 Å². The van der Waals surface area contributed by atoms with Crippen LogP contribution in [0.4, 0.5) is 42.9 Å². The molecule has 0 atom stereocenters. The van der Waals surface area contributed by atoms with Gasteiger partial charge in [0.15, 0.2) is 0 Å². The average Bonchev–Trinajstić information content (AvgIpc) is 3.49. The van der Waals surface area contributed by atoms with Gasteiger partial charge in [-0.05, 0) is 132 Å². The van der Waals surface area contributed by atoms with Gasteiger partial charge in [0.05, 0.1) is 11.0 Å². The molecular weight excluding hydrogens is 633 g/mol. The lowest BCUT2D eigenvalue weighted by Gasteiger charge is -2.25. The molecule has 1 aromatic heterocycles. The Bertz CT molecular complexity index is 2640. The second-order valence-corrected chi connectivity index (χ2v) is 12.6. The molecule has 9 rings (SSSR count). The second kappa shape index (κ2) is 12.6. The zero-order valence-electron chi connectivity index (χ0n) is 27.5. The number of aromatic nitrogens is 1. The maximum atomic E-state index is 14.1. The number of para-hydroxylation sites is 3. The first-order valence-electron chi connectivity index (χ1n) is 16.9. The predicted molar refractivity (Wildman–Crippen MR) is 208 cm³/mol. The minimum Gasteiger partial charge on any atom is -0.310 e. The van der Waals surface area contributed by atoms with Crippen LogP contribution >= 0.6 is 0 Å². The Balaban J connectivity index is 1.26. The average molecular weight is 664 g/mol. The highest BCUT2D eigenvalue weighted by atomic mass is 19.1. The van der Waals surface area contributed by atoms with Crippen molar-refractivity contribution in [3.05, 3.63) is 200 Å². The fourth-order valence-corrected chi connectivity index (χ4v) is 7.10. The number of hydrogen-bond acceptors (Lipinski definition) is 2. The Hall–Kier alpha value is -6.72. The van der Waals surface area contributed by atoms with Gasteiger partial charge in [0, 0.05) is 50.6 Å². The highest BCUT2D eigenvalue weighted by Gasteiger charge is 2.19. The topological polar surface area (TPSA) is 11.4 Å². The van der Waals surface area contributed by atoms with Gasteiger partial charge in [-0.1, -0.05) is 66.7 Å². The Kier molecular flexibility index (Phi) is 7.51. The molecule has 0 saturated heterocycles. The van der Waals surface area contributed by atoms with E-state index in [4.69, 9.17) is 0 Å². The molecule has 0 saturated carbocycles. The molecule has 0 amide bonds. The van der Waals surface area contributed by atoms with E-state index in [1.807, 2.05) is 66.7 Å². The van der Waals surface area contributed by atoms with E-state index in [1.165, 1.54) is 24.3 Å². The van der Waals surface area contributed by atoms with E-state index in [-0.39, 0.29) is 11.6 Å². The molecule has 5 heteroatoms. The van der Waals surface area contributed by atoms with Crippen molar-refractivity contribution in [2.45, 2.75) is 0 Å². The van der Waals surface area contributed by atoms with E-state index < -0.39 is 0 Å². The van der Waals surface area contributed by atoms with Crippen LogP contribution in [0.1, 0.15) is 0 Å². The third-order valence-corrected chi connectivity index (χ3v) is 9.42. The second-order valence-electron chi connectivity index (χ2n) is 12.6. The standard InChI is InChI=1S/C46H31F2N3/c47-34-17-22-39(23-18-34)49(36-10-4-1-5-11-36)41-21-16-32-29-44-43-27-26-42(50(37-12-6-2-7-13-37)40-24-19-35(48)20-25-40)31-46(43)51(38-14-8-3-9-15-38)45(44)30-33(32)28-41/h1-31H. The van der Waals surface area contributed by atoms with Crippen molar-refractivity contribution in [2.24, 2.45) is 0 Å². The molecule has 0 unspecified atom stereocenters. The SMILES string of the molecule is Fc1ccc(N(c2ccccc2)c2ccc3cc4c5ccc(N(c6ccccc6)c6ccc(F)cc6)cc5n(-c5ccccc5)c4cc3c2)cc1. The molecule has 0 aliphatic heterocycles. The third kappa shape index (κ3) is 5.55. The highest BCUT2D eigenvalue weighted by molar-refractivity contribution is 6.14. The van der Waals surface area contributed by atoms with Crippen LogP contribution in [0.2, 0.25) is 0 Å². The normalized spacial score (nSPS) is 11.3. The molecular formula is C46H31F2N3. The molecule has 244 valence electrons. The molecule has 0 radical (unpaired) electrons. The minimum absolute atomic E-state index is 0.269. The van der Waals surface area contributed by atoms with Gasteiger partial charge in [0.2, 0.25) is 0 Å². The predicted octanol–water partition coefficient (Wildman–Crippen LogP) is 13.2. The van der Waals surface area contributed by atoms with Gasteiger partial charge in [-0.3, -0.25) is 0 Å². The minimum atomic E-state index is -0.272. The molecule has 51 heavy (non-hydrogen) atoms. The lowest BCUT2D eigenvalue weighted by Crippen LogP contribution is -2.10. The van der Waals surface area contributed by atoms with E-state index in [0.717, 1.165) is 72.4 Å². The van der Waals surface area contributed by atoms with Crippen LogP contribution in [0.3, 0.4) is 0 Å². The van der Waals surface area contributed by atoms with Gasteiger partial charge >= 0.3 is 0 Å². The van der Waals surface area contributed by atoms with Gasteiger partial charge < -0.3 is 14.4 Å². The molecule has 9 aromatic rings. The van der Waals surface area contributed by atoms with Crippen molar-refractivity contribution in [3.8, 4) is 5.69 Å². The molecule has 0 aliphatic rings. The summed E-state index contributed by atoms with van der Waals surface area (Å²) in [5.74, 6) is -0.541. The number of benzene rings is 8. The summed E-state index contributed by atoms with van der Waals surface area (Å²) in [6.07, 6.45) is 0. The zero-order valence-corrected chi connectivity index (χ0v) is 27.5. The Labute approximate surface area is 294 Å².